The molecule has 3 rings (SSSR count). The number of aromatic nitrogens is 3. The lowest BCUT2D eigenvalue weighted by molar-refractivity contribution is -0.386. The molecule has 0 radical (unpaired) electrons. The van der Waals surface area contributed by atoms with Gasteiger partial charge < -0.3 is 4.74 Å². The van der Waals surface area contributed by atoms with Crippen LogP contribution in [0.15, 0.2) is 30.5 Å². The van der Waals surface area contributed by atoms with Gasteiger partial charge >= 0.3 is 5.69 Å². The van der Waals surface area contributed by atoms with Crippen LogP contribution in [0.25, 0.3) is 22.3 Å². The Bertz CT molecular complexity index is 933. The van der Waals surface area contributed by atoms with Gasteiger partial charge in [0.2, 0.25) is 0 Å². The first-order valence-electron chi connectivity index (χ1n) is 6.31. The quantitative estimate of drug-likeness (QED) is 0.404. The van der Waals surface area contributed by atoms with E-state index < -0.39 is 4.92 Å². The van der Waals surface area contributed by atoms with Crippen LogP contribution >= 0.6 is 23.2 Å². The van der Waals surface area contributed by atoms with Crippen LogP contribution in [-0.4, -0.2) is 27.0 Å². The van der Waals surface area contributed by atoms with Crippen LogP contribution in [0.1, 0.15) is 0 Å². The first-order valence-corrected chi connectivity index (χ1v) is 7.07. The fourth-order valence-corrected chi connectivity index (χ4v) is 2.57. The number of ether oxygens (including phenoxy) is 1. The minimum absolute atomic E-state index is 0.0639. The first kappa shape index (κ1) is 15.4. The number of fused-ring (bicyclic) bond motifs is 1. The molecule has 0 unspecified atom stereocenters. The zero-order chi connectivity index (χ0) is 16.6. The summed E-state index contributed by atoms with van der Waals surface area (Å²) in [5.74, 6) is -0.0639. The lowest BCUT2D eigenvalue weighted by atomic mass is 10.1. The van der Waals surface area contributed by atoms with Crippen molar-refractivity contribution in [3.63, 3.8) is 0 Å². The average molecular weight is 351 g/mol. The summed E-state index contributed by atoms with van der Waals surface area (Å²) >= 11 is 12.0. The molecule has 0 amide bonds. The third-order valence-electron chi connectivity index (χ3n) is 3.09. The predicted molar refractivity (Wildman–Crippen MR) is 86.0 cm³/mol. The highest BCUT2D eigenvalue weighted by molar-refractivity contribution is 6.37. The molecule has 0 N–H and O–H groups in total. The largest absolute Gasteiger partial charge is 0.476 e. The maximum atomic E-state index is 11.1. The summed E-state index contributed by atoms with van der Waals surface area (Å²) in [6, 6.07) is 6.18. The molecule has 0 fully saturated rings. The van der Waals surface area contributed by atoms with Gasteiger partial charge in [-0.15, -0.1) is 0 Å². The average Bonchev–Trinajstić information content (AvgIpc) is 2.53. The molecular weight excluding hydrogens is 343 g/mol. The molecule has 0 saturated carbocycles. The molecule has 0 spiro atoms. The zero-order valence-corrected chi connectivity index (χ0v) is 13.2. The molecule has 0 aliphatic heterocycles. The molecule has 0 aromatic carbocycles. The maximum Gasteiger partial charge on any atom is 0.331 e. The van der Waals surface area contributed by atoms with E-state index in [1.54, 1.807) is 12.1 Å². The van der Waals surface area contributed by atoms with E-state index in [0.717, 1.165) is 0 Å². The second kappa shape index (κ2) is 5.94. The van der Waals surface area contributed by atoms with Gasteiger partial charge in [0.25, 0.3) is 5.88 Å². The minimum Gasteiger partial charge on any atom is -0.476 e. The van der Waals surface area contributed by atoms with Gasteiger partial charge in [-0.3, -0.25) is 10.1 Å². The van der Waals surface area contributed by atoms with Gasteiger partial charge in [-0.25, -0.2) is 15.0 Å². The second-order valence-electron chi connectivity index (χ2n) is 4.50. The first-order chi connectivity index (χ1) is 11.0. The number of rotatable bonds is 3. The fourth-order valence-electron chi connectivity index (χ4n) is 2.07. The summed E-state index contributed by atoms with van der Waals surface area (Å²) in [4.78, 5) is 23.0. The monoisotopic (exact) mass is 350 g/mol. The number of hydrogen-bond donors (Lipinski definition) is 0. The van der Waals surface area contributed by atoms with Crippen molar-refractivity contribution in [2.24, 2.45) is 0 Å². The smallest absolute Gasteiger partial charge is 0.331 e. The minimum atomic E-state index is -0.565. The van der Waals surface area contributed by atoms with Crippen molar-refractivity contribution in [2.45, 2.75) is 0 Å². The van der Waals surface area contributed by atoms with Gasteiger partial charge in [0.15, 0.2) is 0 Å². The molecule has 3 aromatic rings. The van der Waals surface area contributed by atoms with Crippen LogP contribution in [0.4, 0.5) is 5.69 Å². The number of halogens is 2. The van der Waals surface area contributed by atoms with Crippen molar-refractivity contribution in [3.05, 3.63) is 50.8 Å². The molecule has 116 valence electrons. The summed E-state index contributed by atoms with van der Waals surface area (Å²) in [6.45, 7) is 0. The van der Waals surface area contributed by atoms with E-state index in [0.29, 0.717) is 27.3 Å². The van der Waals surface area contributed by atoms with Gasteiger partial charge in [0.05, 0.1) is 28.3 Å². The predicted octanol–water partition coefficient (Wildman–Crippen LogP) is 3.92. The molecule has 0 aliphatic rings. The van der Waals surface area contributed by atoms with Gasteiger partial charge in [-0.1, -0.05) is 23.2 Å². The number of nitro groups is 1. The van der Waals surface area contributed by atoms with Gasteiger partial charge in [0, 0.05) is 17.8 Å². The van der Waals surface area contributed by atoms with E-state index in [4.69, 9.17) is 27.9 Å². The third-order valence-corrected chi connectivity index (χ3v) is 3.57. The molecular formula is C14H8Cl2N4O3. The summed E-state index contributed by atoms with van der Waals surface area (Å²) in [7, 11) is 1.32. The highest BCUT2D eigenvalue weighted by Crippen LogP contribution is 2.31. The summed E-state index contributed by atoms with van der Waals surface area (Å²) < 4.78 is 4.88. The highest BCUT2D eigenvalue weighted by Gasteiger charge is 2.18. The second-order valence-corrected chi connectivity index (χ2v) is 5.29. The fraction of sp³-hybridized carbons (Fsp3) is 0.0714. The Balaban J connectivity index is 2.17. The molecule has 0 saturated heterocycles. The SMILES string of the molecule is COc1ncc(-c2ccc3nc(Cl)cc(Cl)c3n2)cc1[N+](=O)[O-]. The van der Waals surface area contributed by atoms with Crippen LogP contribution in [0.5, 0.6) is 5.88 Å². The molecule has 0 aliphatic carbocycles. The van der Waals surface area contributed by atoms with E-state index in [1.807, 2.05) is 0 Å². The number of nitrogens with zero attached hydrogens (tertiary/aromatic N) is 4. The van der Waals surface area contributed by atoms with Gasteiger partial charge in [-0.2, -0.15) is 0 Å². The van der Waals surface area contributed by atoms with Crippen molar-refractivity contribution >= 4 is 39.9 Å². The van der Waals surface area contributed by atoms with Crippen molar-refractivity contribution in [2.75, 3.05) is 7.11 Å². The van der Waals surface area contributed by atoms with Crippen LogP contribution in [-0.2, 0) is 0 Å². The van der Waals surface area contributed by atoms with Crippen molar-refractivity contribution in [3.8, 4) is 17.1 Å². The maximum absolute atomic E-state index is 11.1. The Kier molecular flexibility index (Phi) is 3.97. The molecule has 7 nitrogen and oxygen atoms in total. The summed E-state index contributed by atoms with van der Waals surface area (Å²) in [5.41, 5.74) is 1.67. The number of hydrogen-bond acceptors (Lipinski definition) is 6. The van der Waals surface area contributed by atoms with Crippen LogP contribution in [0.3, 0.4) is 0 Å². The van der Waals surface area contributed by atoms with Gasteiger partial charge in [0.1, 0.15) is 10.7 Å². The standard InChI is InChI=1S/C14H8Cl2N4O3/c1-23-14-11(20(21)22)4-7(6-17-14)9-2-3-10-13(19-9)8(15)5-12(16)18-10/h2-6H,1H3. The van der Waals surface area contributed by atoms with E-state index in [9.17, 15) is 10.1 Å². The normalized spacial score (nSPS) is 10.7. The Labute approximate surface area is 140 Å². The topological polar surface area (TPSA) is 91.0 Å². The summed E-state index contributed by atoms with van der Waals surface area (Å²) in [6.07, 6.45) is 1.44. The lowest BCUT2D eigenvalue weighted by Gasteiger charge is -2.06. The molecule has 0 atom stereocenters. The Morgan fingerprint density at radius 3 is 2.70 bits per heavy atom. The van der Waals surface area contributed by atoms with Crippen LogP contribution < -0.4 is 4.74 Å². The number of pyridine rings is 3. The third kappa shape index (κ3) is 2.88. The van der Waals surface area contributed by atoms with Crippen molar-refractivity contribution in [1.82, 2.24) is 15.0 Å². The molecule has 0 bridgehead atoms. The number of methoxy groups -OCH3 is 1. The highest BCUT2D eigenvalue weighted by atomic mass is 35.5. The van der Waals surface area contributed by atoms with E-state index in [-0.39, 0.29) is 16.7 Å². The Morgan fingerprint density at radius 2 is 2.00 bits per heavy atom. The lowest BCUT2D eigenvalue weighted by Crippen LogP contribution is -1.97. The Morgan fingerprint density at radius 1 is 1.22 bits per heavy atom. The van der Waals surface area contributed by atoms with E-state index >= 15 is 0 Å². The molecule has 3 aromatic heterocycles. The van der Waals surface area contributed by atoms with Crippen molar-refractivity contribution in [1.29, 1.82) is 0 Å². The molecule has 23 heavy (non-hydrogen) atoms. The van der Waals surface area contributed by atoms with Crippen LogP contribution in [0.2, 0.25) is 10.2 Å². The Hall–Kier alpha value is -2.51. The summed E-state index contributed by atoms with van der Waals surface area (Å²) in [5, 5.41) is 11.7. The molecule has 9 heteroatoms. The zero-order valence-electron chi connectivity index (χ0n) is 11.7. The molecule has 3 heterocycles. The van der Waals surface area contributed by atoms with Gasteiger partial charge in [-0.05, 0) is 18.2 Å². The van der Waals surface area contributed by atoms with Crippen LogP contribution in [0, 0.1) is 10.1 Å². The van der Waals surface area contributed by atoms with Crippen molar-refractivity contribution < 1.29 is 9.66 Å². The van der Waals surface area contributed by atoms with E-state index in [1.165, 1.54) is 25.4 Å². The van der Waals surface area contributed by atoms with E-state index in [2.05, 4.69) is 15.0 Å².